The summed E-state index contributed by atoms with van der Waals surface area (Å²) in [6, 6.07) is 1.30. The van der Waals surface area contributed by atoms with Crippen LogP contribution in [0.3, 0.4) is 0 Å². The molecule has 1 aliphatic heterocycles. The van der Waals surface area contributed by atoms with Crippen molar-refractivity contribution in [2.45, 2.75) is 24.8 Å². The number of rotatable bonds is 9. The Morgan fingerprint density at radius 1 is 1.33 bits per heavy atom. The number of aromatic nitrogens is 2. The summed E-state index contributed by atoms with van der Waals surface area (Å²) in [5, 5.41) is 3.33. The molecule has 1 aromatic heterocycles. The molecule has 168 valence electrons. The van der Waals surface area contributed by atoms with Crippen LogP contribution in [0.4, 0.5) is 5.82 Å². The molecule has 2 rings (SSSR count). The maximum Gasteiger partial charge on any atom is 0.490 e. The summed E-state index contributed by atoms with van der Waals surface area (Å²) in [5.41, 5.74) is 11.4. The standard InChI is InChI=1S/C9H15N6O12P3/c10-6-2-4-15(8(16)12-6)7-1-3-9(25-7,13-14-11)5-24-29(20,21)27-30(22,23)26-28(17,18)19/h2,4,7H,1,3,5H2,(H,20,21)(H,22,23)(H2,10,12,16)(H2,17,18,19)/t7-,9+/m1/s1. The fourth-order valence-corrected chi connectivity index (χ4v) is 5.40. The Kier molecular flexibility index (Phi) is 7.26. The molecule has 1 aromatic rings. The smallest absolute Gasteiger partial charge is 0.383 e. The first-order valence-electron chi connectivity index (χ1n) is 7.53. The molecule has 0 spiro atoms. The van der Waals surface area contributed by atoms with E-state index in [9.17, 15) is 23.4 Å². The van der Waals surface area contributed by atoms with E-state index in [1.165, 1.54) is 12.3 Å². The number of nitrogens with two attached hydrogens (primary N) is 1. The van der Waals surface area contributed by atoms with Crippen molar-refractivity contribution in [3.63, 3.8) is 0 Å². The second-order valence-electron chi connectivity index (χ2n) is 5.65. The Balaban J connectivity index is 2.13. The lowest BCUT2D eigenvalue weighted by molar-refractivity contribution is -0.0934. The zero-order chi connectivity index (χ0) is 22.8. The Labute approximate surface area is 166 Å². The van der Waals surface area contributed by atoms with Crippen LogP contribution in [0.5, 0.6) is 0 Å². The summed E-state index contributed by atoms with van der Waals surface area (Å²) in [5.74, 6) is -0.0526. The fourth-order valence-electron chi connectivity index (χ4n) is 2.34. The molecule has 0 bridgehead atoms. The van der Waals surface area contributed by atoms with E-state index in [1.54, 1.807) is 0 Å². The second kappa shape index (κ2) is 8.85. The molecule has 18 nitrogen and oxygen atoms in total. The molecule has 0 aliphatic carbocycles. The lowest BCUT2D eigenvalue weighted by Crippen LogP contribution is -2.33. The van der Waals surface area contributed by atoms with Crippen LogP contribution in [0.2, 0.25) is 0 Å². The first-order chi connectivity index (χ1) is 13.7. The van der Waals surface area contributed by atoms with Crippen LogP contribution in [-0.2, 0) is 31.6 Å². The van der Waals surface area contributed by atoms with Crippen LogP contribution in [0, 0.1) is 0 Å². The predicted molar refractivity (Wildman–Crippen MR) is 94.0 cm³/mol. The van der Waals surface area contributed by atoms with E-state index in [1.807, 2.05) is 0 Å². The quantitative estimate of drug-likeness (QED) is 0.136. The second-order valence-corrected chi connectivity index (χ2v) is 10.1. The first kappa shape index (κ1) is 24.6. The highest BCUT2D eigenvalue weighted by Crippen LogP contribution is 2.66. The van der Waals surface area contributed by atoms with Gasteiger partial charge in [-0.05, 0) is 24.4 Å². The van der Waals surface area contributed by atoms with Crippen molar-refractivity contribution < 1.29 is 51.2 Å². The maximum absolute atomic E-state index is 11.9. The predicted octanol–water partition coefficient (Wildman–Crippen LogP) is 0.484. The van der Waals surface area contributed by atoms with Crippen LogP contribution in [0.25, 0.3) is 10.4 Å². The number of hydrogen-bond donors (Lipinski definition) is 5. The average Bonchev–Trinajstić information content (AvgIpc) is 2.94. The van der Waals surface area contributed by atoms with Gasteiger partial charge in [-0.1, -0.05) is 5.11 Å². The van der Waals surface area contributed by atoms with Crippen LogP contribution in [0.1, 0.15) is 19.1 Å². The topological polar surface area (TPSA) is 279 Å². The van der Waals surface area contributed by atoms with Crippen molar-refractivity contribution >= 4 is 29.3 Å². The van der Waals surface area contributed by atoms with Gasteiger partial charge in [0.1, 0.15) is 12.0 Å². The number of nitrogen functional groups attached to an aromatic ring is 1. The van der Waals surface area contributed by atoms with Gasteiger partial charge in [-0.3, -0.25) is 9.09 Å². The van der Waals surface area contributed by atoms with Gasteiger partial charge in [-0.2, -0.15) is 13.6 Å². The third-order valence-corrected chi connectivity index (χ3v) is 7.18. The van der Waals surface area contributed by atoms with Crippen molar-refractivity contribution in [2.24, 2.45) is 5.11 Å². The summed E-state index contributed by atoms with van der Waals surface area (Å²) in [7, 11) is -16.7. The number of phosphoric ester groups is 1. The largest absolute Gasteiger partial charge is 0.490 e. The summed E-state index contributed by atoms with van der Waals surface area (Å²) in [6.07, 6.45) is 0.156. The summed E-state index contributed by atoms with van der Waals surface area (Å²) in [4.78, 5) is 53.6. The molecule has 1 aliphatic rings. The van der Waals surface area contributed by atoms with Crippen molar-refractivity contribution in [3.8, 4) is 0 Å². The molecule has 0 saturated carbocycles. The summed E-state index contributed by atoms with van der Waals surface area (Å²) < 4.78 is 51.9. The summed E-state index contributed by atoms with van der Waals surface area (Å²) in [6.45, 7) is -1.01. The van der Waals surface area contributed by atoms with Gasteiger partial charge in [0, 0.05) is 11.1 Å². The molecule has 21 heteroatoms. The van der Waals surface area contributed by atoms with Crippen molar-refractivity contribution in [1.29, 1.82) is 0 Å². The van der Waals surface area contributed by atoms with Crippen molar-refractivity contribution in [2.75, 3.05) is 12.3 Å². The number of hydrogen-bond acceptors (Lipinski definition) is 11. The van der Waals surface area contributed by atoms with E-state index in [0.717, 1.165) is 4.57 Å². The molecule has 0 aromatic carbocycles. The molecule has 30 heavy (non-hydrogen) atoms. The highest BCUT2D eigenvalue weighted by Gasteiger charge is 2.46. The molecule has 0 radical (unpaired) electrons. The highest BCUT2D eigenvalue weighted by molar-refractivity contribution is 7.66. The van der Waals surface area contributed by atoms with E-state index >= 15 is 0 Å². The minimum atomic E-state index is -5.72. The van der Waals surface area contributed by atoms with Gasteiger partial charge in [-0.25, -0.2) is 18.5 Å². The number of azide groups is 1. The summed E-state index contributed by atoms with van der Waals surface area (Å²) >= 11 is 0. The van der Waals surface area contributed by atoms with E-state index in [0.29, 0.717) is 0 Å². The van der Waals surface area contributed by atoms with Gasteiger partial charge < -0.3 is 30.0 Å². The first-order valence-corrected chi connectivity index (χ1v) is 12.1. The van der Waals surface area contributed by atoms with E-state index < -0.39 is 47.7 Å². The molecule has 6 N–H and O–H groups in total. The Morgan fingerprint density at radius 2 is 2.00 bits per heavy atom. The molecular formula is C9H15N6O12P3. The maximum atomic E-state index is 11.9. The Hall–Kier alpha value is -1.64. The van der Waals surface area contributed by atoms with Gasteiger partial charge in [-0.15, -0.1) is 0 Å². The third-order valence-electron chi connectivity index (χ3n) is 3.40. The Bertz CT molecular complexity index is 1050. The highest BCUT2D eigenvalue weighted by atomic mass is 31.3. The lowest BCUT2D eigenvalue weighted by atomic mass is 10.1. The van der Waals surface area contributed by atoms with Crippen LogP contribution in [0.15, 0.2) is 22.2 Å². The van der Waals surface area contributed by atoms with Gasteiger partial charge in [0.25, 0.3) is 0 Å². The van der Waals surface area contributed by atoms with Crippen LogP contribution in [-0.4, -0.2) is 41.5 Å². The molecule has 1 saturated heterocycles. The monoisotopic (exact) mass is 492 g/mol. The van der Waals surface area contributed by atoms with E-state index in [2.05, 4.69) is 28.2 Å². The molecule has 2 unspecified atom stereocenters. The fraction of sp³-hybridized carbons (Fsp3) is 0.556. The minimum Gasteiger partial charge on any atom is -0.383 e. The molecule has 0 amide bonds. The SMILES string of the molecule is [N-]=[N+]=N[C@@]1(COP(=O)(O)OP(=O)(O)OP(=O)(O)O)CC[C@H](n2ccc(N)nc2=O)O1. The number of phosphoric acid groups is 3. The zero-order valence-electron chi connectivity index (χ0n) is 14.6. The lowest BCUT2D eigenvalue weighted by Gasteiger charge is -2.25. The normalized spacial score (nSPS) is 25.8. The zero-order valence-corrected chi connectivity index (χ0v) is 17.2. The van der Waals surface area contributed by atoms with Crippen molar-refractivity contribution in [3.05, 3.63) is 33.2 Å². The average molecular weight is 492 g/mol. The number of ether oxygens (including phenoxy) is 1. The van der Waals surface area contributed by atoms with E-state index in [-0.39, 0.29) is 18.7 Å². The van der Waals surface area contributed by atoms with Gasteiger partial charge in [0.05, 0.1) is 6.61 Å². The Morgan fingerprint density at radius 3 is 2.57 bits per heavy atom. The van der Waals surface area contributed by atoms with E-state index in [4.69, 9.17) is 30.7 Å². The number of nitrogens with zero attached hydrogens (tertiary/aromatic N) is 5. The molecule has 1 fully saturated rings. The van der Waals surface area contributed by atoms with Crippen LogP contribution < -0.4 is 11.4 Å². The van der Waals surface area contributed by atoms with Crippen molar-refractivity contribution in [1.82, 2.24) is 9.55 Å². The van der Waals surface area contributed by atoms with Gasteiger partial charge >= 0.3 is 29.2 Å². The van der Waals surface area contributed by atoms with Crippen LogP contribution >= 0.6 is 23.5 Å². The molecule has 2 heterocycles. The molecular weight excluding hydrogens is 477 g/mol. The third kappa shape index (κ3) is 6.96. The van der Waals surface area contributed by atoms with Gasteiger partial charge in [0.15, 0.2) is 5.72 Å². The molecule has 4 atom stereocenters. The minimum absolute atomic E-state index is 0.0526. The van der Waals surface area contributed by atoms with Gasteiger partial charge in [0.2, 0.25) is 0 Å². The number of anilines is 1.